The summed E-state index contributed by atoms with van der Waals surface area (Å²) in [7, 11) is 0. The molecule has 174 valence electrons. The second kappa shape index (κ2) is 11.0. The maximum absolute atomic E-state index is 12.7. The van der Waals surface area contributed by atoms with Gasteiger partial charge >= 0.3 is 0 Å². The number of amides is 3. The van der Waals surface area contributed by atoms with Gasteiger partial charge in [0.1, 0.15) is 0 Å². The van der Waals surface area contributed by atoms with Crippen LogP contribution in [0.3, 0.4) is 0 Å². The smallest absolute Gasteiger partial charge is 0.254 e. The molecule has 2 aliphatic heterocycles. The monoisotopic (exact) mass is 450 g/mol. The van der Waals surface area contributed by atoms with E-state index in [2.05, 4.69) is 10.6 Å². The number of ether oxygens (including phenoxy) is 1. The Balaban J connectivity index is 1.28. The fraction of sp³-hybridized carbons (Fsp3) is 0.400. The summed E-state index contributed by atoms with van der Waals surface area (Å²) in [5, 5.41) is 5.91. The van der Waals surface area contributed by atoms with Crippen LogP contribution in [0.2, 0.25) is 0 Å². The number of carbonyl (C=O) groups is 3. The molecule has 2 aliphatic rings. The van der Waals surface area contributed by atoms with E-state index in [0.717, 1.165) is 31.6 Å². The molecule has 8 nitrogen and oxygen atoms in total. The van der Waals surface area contributed by atoms with Gasteiger partial charge < -0.3 is 25.2 Å². The molecule has 0 spiro atoms. The molecule has 0 radical (unpaired) electrons. The van der Waals surface area contributed by atoms with Crippen LogP contribution in [0.4, 0.5) is 11.4 Å². The lowest BCUT2D eigenvalue weighted by atomic mass is 10.1. The van der Waals surface area contributed by atoms with Gasteiger partial charge in [0.05, 0.1) is 19.8 Å². The summed E-state index contributed by atoms with van der Waals surface area (Å²) < 4.78 is 5.29. The largest absolute Gasteiger partial charge is 0.378 e. The molecule has 2 aromatic rings. The highest BCUT2D eigenvalue weighted by Gasteiger charge is 2.19. The molecule has 8 heteroatoms. The summed E-state index contributed by atoms with van der Waals surface area (Å²) in [5.41, 5.74) is 2.54. The summed E-state index contributed by atoms with van der Waals surface area (Å²) in [6.45, 7) is 3.98. The first-order valence-electron chi connectivity index (χ1n) is 11.5. The van der Waals surface area contributed by atoms with Gasteiger partial charge in [-0.15, -0.1) is 0 Å². The predicted molar refractivity (Wildman–Crippen MR) is 126 cm³/mol. The van der Waals surface area contributed by atoms with Crippen molar-refractivity contribution in [3.63, 3.8) is 0 Å². The maximum atomic E-state index is 12.7. The summed E-state index contributed by atoms with van der Waals surface area (Å²) in [6, 6.07) is 14.2. The van der Waals surface area contributed by atoms with Gasteiger partial charge in [-0.05, 0) is 61.7 Å². The first kappa shape index (κ1) is 22.8. The number of nitrogens with zero attached hydrogens (tertiary/aromatic N) is 2. The summed E-state index contributed by atoms with van der Waals surface area (Å²) in [4.78, 5) is 41.3. The van der Waals surface area contributed by atoms with E-state index in [1.165, 1.54) is 6.42 Å². The molecule has 0 atom stereocenters. The minimum atomic E-state index is -0.217. The van der Waals surface area contributed by atoms with Crippen LogP contribution in [-0.4, -0.2) is 73.5 Å². The van der Waals surface area contributed by atoms with Crippen LogP contribution in [-0.2, 0) is 9.53 Å². The van der Waals surface area contributed by atoms with Crippen molar-refractivity contribution in [2.24, 2.45) is 0 Å². The third-order valence-corrected chi connectivity index (χ3v) is 5.92. The fourth-order valence-corrected chi connectivity index (χ4v) is 4.08. The maximum Gasteiger partial charge on any atom is 0.254 e. The highest BCUT2D eigenvalue weighted by molar-refractivity contribution is 5.98. The van der Waals surface area contributed by atoms with Crippen LogP contribution in [0.15, 0.2) is 48.5 Å². The Morgan fingerprint density at radius 1 is 0.758 bits per heavy atom. The van der Waals surface area contributed by atoms with E-state index < -0.39 is 0 Å². The molecular formula is C25H30N4O4. The summed E-state index contributed by atoms with van der Waals surface area (Å²) in [5.74, 6) is -0.219. The first-order chi connectivity index (χ1) is 16.1. The van der Waals surface area contributed by atoms with Gasteiger partial charge in [-0.3, -0.25) is 14.4 Å². The molecule has 33 heavy (non-hydrogen) atoms. The van der Waals surface area contributed by atoms with Gasteiger partial charge in [0.15, 0.2) is 0 Å². The van der Waals surface area contributed by atoms with Gasteiger partial charge in [0, 0.05) is 48.7 Å². The van der Waals surface area contributed by atoms with Crippen molar-refractivity contribution in [3.8, 4) is 0 Å². The number of carbonyl (C=O) groups excluding carboxylic acids is 3. The molecule has 2 N–H and O–H groups in total. The van der Waals surface area contributed by atoms with E-state index in [-0.39, 0.29) is 24.3 Å². The number of hydrogen-bond donors (Lipinski definition) is 2. The molecule has 2 heterocycles. The standard InChI is InChI=1S/C25H30N4O4/c30-23(27-22-6-4-5-20(17-22)25(32)28-11-2-1-3-12-28)18-26-21-9-7-19(8-10-21)24(31)29-13-15-33-16-14-29/h4-10,17,26H,1-3,11-16,18H2,(H,27,30). The zero-order chi connectivity index (χ0) is 23.0. The second-order valence-corrected chi connectivity index (χ2v) is 8.32. The molecule has 0 bridgehead atoms. The van der Waals surface area contributed by atoms with Gasteiger partial charge in [-0.1, -0.05) is 6.07 Å². The first-order valence-corrected chi connectivity index (χ1v) is 11.5. The highest BCUT2D eigenvalue weighted by atomic mass is 16.5. The third-order valence-electron chi connectivity index (χ3n) is 5.92. The van der Waals surface area contributed by atoms with Crippen molar-refractivity contribution in [2.75, 3.05) is 56.6 Å². The zero-order valence-electron chi connectivity index (χ0n) is 18.7. The lowest BCUT2D eigenvalue weighted by Crippen LogP contribution is -2.40. The van der Waals surface area contributed by atoms with E-state index in [9.17, 15) is 14.4 Å². The zero-order valence-corrected chi connectivity index (χ0v) is 18.7. The molecule has 2 aromatic carbocycles. The second-order valence-electron chi connectivity index (χ2n) is 8.32. The number of likely N-dealkylation sites (tertiary alicyclic amines) is 1. The van der Waals surface area contributed by atoms with Crippen molar-refractivity contribution < 1.29 is 19.1 Å². The topological polar surface area (TPSA) is 91.0 Å². The molecule has 0 aromatic heterocycles. The molecule has 2 fully saturated rings. The van der Waals surface area contributed by atoms with E-state index in [4.69, 9.17) is 4.74 Å². The molecule has 0 unspecified atom stereocenters. The molecule has 2 saturated heterocycles. The molecule has 4 rings (SSSR count). The van der Waals surface area contributed by atoms with Crippen LogP contribution < -0.4 is 10.6 Å². The van der Waals surface area contributed by atoms with E-state index in [1.54, 1.807) is 53.4 Å². The van der Waals surface area contributed by atoms with Crippen molar-refractivity contribution in [1.82, 2.24) is 9.80 Å². The van der Waals surface area contributed by atoms with Gasteiger partial charge in [-0.25, -0.2) is 0 Å². The van der Waals surface area contributed by atoms with Gasteiger partial charge in [-0.2, -0.15) is 0 Å². The van der Waals surface area contributed by atoms with Crippen LogP contribution in [0.5, 0.6) is 0 Å². The van der Waals surface area contributed by atoms with Crippen LogP contribution in [0.25, 0.3) is 0 Å². The van der Waals surface area contributed by atoms with Crippen LogP contribution in [0.1, 0.15) is 40.0 Å². The molecular weight excluding hydrogens is 420 g/mol. The Morgan fingerprint density at radius 2 is 1.42 bits per heavy atom. The normalized spacial score (nSPS) is 16.2. The number of piperidine rings is 1. The summed E-state index contributed by atoms with van der Waals surface area (Å²) in [6.07, 6.45) is 3.24. The van der Waals surface area contributed by atoms with Crippen molar-refractivity contribution >= 4 is 29.1 Å². The van der Waals surface area contributed by atoms with Gasteiger partial charge in [0.25, 0.3) is 11.8 Å². The highest BCUT2D eigenvalue weighted by Crippen LogP contribution is 2.17. The van der Waals surface area contributed by atoms with Crippen molar-refractivity contribution in [1.29, 1.82) is 0 Å². The summed E-state index contributed by atoms with van der Waals surface area (Å²) >= 11 is 0. The van der Waals surface area contributed by atoms with E-state index in [1.807, 2.05) is 4.90 Å². The molecule has 0 saturated carbocycles. The number of morpholine rings is 1. The Hall–Kier alpha value is -3.39. The predicted octanol–water partition coefficient (Wildman–Crippen LogP) is 2.84. The van der Waals surface area contributed by atoms with Crippen LogP contribution in [0, 0.1) is 0 Å². The molecule has 3 amide bonds. The number of benzene rings is 2. The van der Waals surface area contributed by atoms with E-state index in [0.29, 0.717) is 43.1 Å². The van der Waals surface area contributed by atoms with Gasteiger partial charge in [0.2, 0.25) is 5.91 Å². The Bertz CT molecular complexity index is 980. The average molecular weight is 451 g/mol. The minimum Gasteiger partial charge on any atom is -0.378 e. The lowest BCUT2D eigenvalue weighted by molar-refractivity contribution is -0.114. The SMILES string of the molecule is O=C(CNc1ccc(C(=O)N2CCOCC2)cc1)Nc1cccc(C(=O)N2CCCCC2)c1. The number of rotatable bonds is 6. The van der Waals surface area contributed by atoms with Crippen LogP contribution >= 0.6 is 0 Å². The Labute approximate surface area is 193 Å². The van der Waals surface area contributed by atoms with Crippen molar-refractivity contribution in [2.45, 2.75) is 19.3 Å². The minimum absolute atomic E-state index is 0.00985. The Morgan fingerprint density at radius 3 is 2.15 bits per heavy atom. The quantitative estimate of drug-likeness (QED) is 0.706. The third kappa shape index (κ3) is 6.10. The number of nitrogens with one attached hydrogen (secondary N) is 2. The average Bonchev–Trinajstić information content (AvgIpc) is 2.88. The van der Waals surface area contributed by atoms with Crippen molar-refractivity contribution in [3.05, 3.63) is 59.7 Å². The Kier molecular flexibility index (Phi) is 7.57. The van der Waals surface area contributed by atoms with E-state index >= 15 is 0 Å². The lowest BCUT2D eigenvalue weighted by Gasteiger charge is -2.27. The molecule has 0 aliphatic carbocycles. The fourth-order valence-electron chi connectivity index (χ4n) is 4.08. The number of anilines is 2. The number of hydrogen-bond acceptors (Lipinski definition) is 5.